The predicted octanol–water partition coefficient (Wildman–Crippen LogP) is 3.49. The predicted molar refractivity (Wildman–Crippen MR) is 78.7 cm³/mol. The van der Waals surface area contributed by atoms with Crippen LogP contribution in [0.4, 0.5) is 0 Å². The van der Waals surface area contributed by atoms with Crippen LogP contribution in [0.25, 0.3) is 11.3 Å². The number of aromatic nitrogens is 2. The highest BCUT2D eigenvalue weighted by atomic mass is 16.4. The lowest BCUT2D eigenvalue weighted by Crippen LogP contribution is -2.28. The van der Waals surface area contributed by atoms with Gasteiger partial charge in [-0.3, -0.25) is 4.79 Å². The van der Waals surface area contributed by atoms with E-state index >= 15 is 0 Å². The molecule has 0 bridgehead atoms. The second kappa shape index (κ2) is 5.12. The van der Waals surface area contributed by atoms with E-state index in [9.17, 15) is 9.90 Å². The minimum Gasteiger partial charge on any atom is -0.481 e. The van der Waals surface area contributed by atoms with Crippen LogP contribution in [-0.4, -0.2) is 20.6 Å². The Morgan fingerprint density at radius 2 is 1.85 bits per heavy atom. The summed E-state index contributed by atoms with van der Waals surface area (Å²) in [5.41, 5.74) is 2.00. The number of carbonyl (C=O) groups is 1. The molecule has 0 unspecified atom stereocenters. The molecule has 20 heavy (non-hydrogen) atoms. The van der Waals surface area contributed by atoms with Crippen molar-refractivity contribution in [3.63, 3.8) is 0 Å². The maximum atomic E-state index is 11.3. The normalized spacial score (nSPS) is 11.8. The number of hydrogen-bond acceptors (Lipinski definition) is 2. The molecule has 2 aromatic rings. The van der Waals surface area contributed by atoms with E-state index < -0.39 is 11.4 Å². The summed E-state index contributed by atoms with van der Waals surface area (Å²) in [6.07, 6.45) is 3.65. The lowest BCUT2D eigenvalue weighted by atomic mass is 9.84. The van der Waals surface area contributed by atoms with Gasteiger partial charge >= 0.3 is 5.97 Å². The van der Waals surface area contributed by atoms with E-state index in [0.29, 0.717) is 6.04 Å². The van der Waals surface area contributed by atoms with E-state index in [1.54, 1.807) is 13.8 Å². The summed E-state index contributed by atoms with van der Waals surface area (Å²) in [5, 5.41) is 9.25. The first-order valence-electron chi connectivity index (χ1n) is 6.70. The van der Waals surface area contributed by atoms with E-state index in [4.69, 9.17) is 0 Å². The Morgan fingerprint density at radius 1 is 1.25 bits per heavy atom. The van der Waals surface area contributed by atoms with Gasteiger partial charge in [0, 0.05) is 6.04 Å². The largest absolute Gasteiger partial charge is 0.481 e. The molecule has 2 rings (SSSR count). The molecular weight excluding hydrogens is 252 g/mol. The molecule has 1 aromatic heterocycles. The molecule has 0 spiro atoms. The van der Waals surface area contributed by atoms with Gasteiger partial charge in [-0.25, -0.2) is 4.98 Å². The molecule has 0 aliphatic rings. The fraction of sp³-hybridized carbons (Fsp3) is 0.375. The van der Waals surface area contributed by atoms with Gasteiger partial charge in [0.25, 0.3) is 0 Å². The monoisotopic (exact) mass is 272 g/mol. The van der Waals surface area contributed by atoms with Gasteiger partial charge < -0.3 is 9.67 Å². The number of benzene rings is 1. The lowest BCUT2D eigenvalue weighted by molar-refractivity contribution is -0.142. The van der Waals surface area contributed by atoms with Gasteiger partial charge in [-0.05, 0) is 38.8 Å². The highest BCUT2D eigenvalue weighted by Gasteiger charge is 2.29. The standard InChI is InChI=1S/C16H20N2O2/c1-11(2)18-10-17-9-14(18)12-5-7-13(8-6-12)16(3,4)15(19)20/h5-11H,1-4H3,(H,19,20). The third kappa shape index (κ3) is 2.46. The molecule has 1 aromatic carbocycles. The van der Waals surface area contributed by atoms with E-state index in [1.807, 2.05) is 36.8 Å². The third-order valence-corrected chi connectivity index (χ3v) is 3.66. The molecule has 1 N–H and O–H groups in total. The molecular formula is C16H20N2O2. The van der Waals surface area contributed by atoms with Gasteiger partial charge in [0.15, 0.2) is 0 Å². The van der Waals surface area contributed by atoms with Crippen molar-refractivity contribution < 1.29 is 9.90 Å². The van der Waals surface area contributed by atoms with Crippen LogP contribution in [0.1, 0.15) is 39.3 Å². The molecule has 0 saturated carbocycles. The molecule has 106 valence electrons. The summed E-state index contributed by atoms with van der Waals surface area (Å²) in [5.74, 6) is -0.822. The van der Waals surface area contributed by atoms with Gasteiger partial charge in [0.1, 0.15) is 0 Å². The number of carboxylic acid groups (broad SMARTS) is 1. The Hall–Kier alpha value is -2.10. The topological polar surface area (TPSA) is 55.1 Å². The number of rotatable bonds is 4. The highest BCUT2D eigenvalue weighted by Crippen LogP contribution is 2.27. The number of carboxylic acids is 1. The average molecular weight is 272 g/mol. The SMILES string of the molecule is CC(C)n1cncc1-c1ccc(C(C)(C)C(=O)O)cc1. The molecule has 0 radical (unpaired) electrons. The number of nitrogens with zero attached hydrogens (tertiary/aromatic N) is 2. The van der Waals surface area contributed by atoms with Crippen LogP contribution in [0, 0.1) is 0 Å². The summed E-state index contributed by atoms with van der Waals surface area (Å²) in [6.45, 7) is 7.63. The van der Waals surface area contributed by atoms with Gasteiger partial charge in [0.05, 0.1) is 23.6 Å². The first kappa shape index (κ1) is 14.3. The first-order valence-corrected chi connectivity index (χ1v) is 6.70. The van der Waals surface area contributed by atoms with Gasteiger partial charge in [-0.15, -0.1) is 0 Å². The third-order valence-electron chi connectivity index (χ3n) is 3.66. The average Bonchev–Trinajstić information content (AvgIpc) is 2.88. The van der Waals surface area contributed by atoms with Crippen LogP contribution in [0.5, 0.6) is 0 Å². The Labute approximate surface area is 119 Å². The van der Waals surface area contributed by atoms with Crippen LogP contribution in [0.3, 0.4) is 0 Å². The Bertz CT molecular complexity index is 610. The van der Waals surface area contributed by atoms with Crippen LogP contribution < -0.4 is 0 Å². The van der Waals surface area contributed by atoms with Crippen molar-refractivity contribution in [3.8, 4) is 11.3 Å². The summed E-state index contributed by atoms with van der Waals surface area (Å²) in [4.78, 5) is 15.5. The molecule has 1 heterocycles. The molecule has 4 heteroatoms. The van der Waals surface area contributed by atoms with E-state index in [1.165, 1.54) is 0 Å². The maximum Gasteiger partial charge on any atom is 0.313 e. The number of hydrogen-bond donors (Lipinski definition) is 1. The Kier molecular flexibility index (Phi) is 3.66. The number of aliphatic carboxylic acids is 1. The van der Waals surface area contributed by atoms with Crippen molar-refractivity contribution in [1.82, 2.24) is 9.55 Å². The smallest absolute Gasteiger partial charge is 0.313 e. The summed E-state index contributed by atoms with van der Waals surface area (Å²) in [7, 11) is 0. The molecule has 0 aliphatic heterocycles. The molecule has 0 amide bonds. The van der Waals surface area contributed by atoms with Crippen LogP contribution in [0.15, 0.2) is 36.8 Å². The van der Waals surface area contributed by atoms with Crippen molar-refractivity contribution >= 4 is 5.97 Å². The second-order valence-electron chi connectivity index (χ2n) is 5.79. The van der Waals surface area contributed by atoms with Crippen molar-refractivity contribution in [3.05, 3.63) is 42.4 Å². The molecule has 4 nitrogen and oxygen atoms in total. The van der Waals surface area contributed by atoms with Gasteiger partial charge in [-0.1, -0.05) is 24.3 Å². The van der Waals surface area contributed by atoms with Crippen molar-refractivity contribution in [2.45, 2.75) is 39.2 Å². The van der Waals surface area contributed by atoms with Crippen LogP contribution >= 0.6 is 0 Å². The Morgan fingerprint density at radius 3 is 2.35 bits per heavy atom. The zero-order valence-electron chi connectivity index (χ0n) is 12.3. The lowest BCUT2D eigenvalue weighted by Gasteiger charge is -2.20. The quantitative estimate of drug-likeness (QED) is 0.926. The Balaban J connectivity index is 2.38. The minimum absolute atomic E-state index is 0.336. The summed E-state index contributed by atoms with van der Waals surface area (Å²) < 4.78 is 2.09. The minimum atomic E-state index is -0.878. The second-order valence-corrected chi connectivity index (χ2v) is 5.79. The van der Waals surface area contributed by atoms with Crippen molar-refractivity contribution in [1.29, 1.82) is 0 Å². The fourth-order valence-electron chi connectivity index (χ4n) is 2.12. The summed E-state index contributed by atoms with van der Waals surface area (Å²) >= 11 is 0. The molecule has 0 saturated heterocycles. The first-order chi connectivity index (χ1) is 9.34. The summed E-state index contributed by atoms with van der Waals surface area (Å²) in [6, 6.07) is 8.00. The molecule has 0 aliphatic carbocycles. The highest BCUT2D eigenvalue weighted by molar-refractivity contribution is 5.80. The van der Waals surface area contributed by atoms with Crippen molar-refractivity contribution in [2.75, 3.05) is 0 Å². The maximum absolute atomic E-state index is 11.3. The van der Waals surface area contributed by atoms with Gasteiger partial charge in [0.2, 0.25) is 0 Å². The molecule has 0 atom stereocenters. The zero-order chi connectivity index (χ0) is 14.9. The van der Waals surface area contributed by atoms with E-state index in [-0.39, 0.29) is 0 Å². The van der Waals surface area contributed by atoms with Crippen molar-refractivity contribution in [2.24, 2.45) is 0 Å². The van der Waals surface area contributed by atoms with Crippen LogP contribution in [0.2, 0.25) is 0 Å². The van der Waals surface area contributed by atoms with Gasteiger partial charge in [-0.2, -0.15) is 0 Å². The fourth-order valence-corrected chi connectivity index (χ4v) is 2.12. The molecule has 0 fully saturated rings. The van der Waals surface area contributed by atoms with E-state index in [0.717, 1.165) is 16.8 Å². The zero-order valence-corrected chi connectivity index (χ0v) is 12.3. The van der Waals surface area contributed by atoms with Crippen LogP contribution in [-0.2, 0) is 10.2 Å². The number of imidazole rings is 1. The van der Waals surface area contributed by atoms with E-state index in [2.05, 4.69) is 23.4 Å².